The molecule has 0 unspecified atom stereocenters. The molecular weight excluding hydrogens is 1450 g/mol. The van der Waals surface area contributed by atoms with Crippen molar-refractivity contribution >= 4 is 43.5 Å². The maximum absolute atomic E-state index is 15.3. The summed E-state index contributed by atoms with van der Waals surface area (Å²) in [6.45, 7) is 11.4. The van der Waals surface area contributed by atoms with Crippen molar-refractivity contribution in [2.24, 2.45) is 0 Å². The topological polar surface area (TPSA) is 291 Å². The van der Waals surface area contributed by atoms with Gasteiger partial charge >= 0.3 is 31.7 Å². The summed E-state index contributed by atoms with van der Waals surface area (Å²) in [7, 11) is -5.66. The largest absolute Gasteiger partial charge is 0.470 e. The molecule has 0 spiro atoms. The Morgan fingerprint density at radius 1 is 0.389 bits per heavy atom. The van der Waals surface area contributed by atoms with Crippen molar-refractivity contribution in [3.8, 4) is 0 Å². The zero-order chi connectivity index (χ0) is 82.9. The van der Waals surface area contributed by atoms with Gasteiger partial charge in [0.05, 0.1) is 32.4 Å². The number of aliphatic hydroxyl groups excluding tert-OH is 2. The molecular formula is C92H175N2O18P. The molecule has 0 aliphatic carbocycles. The minimum Gasteiger partial charge on any atom is -0.462 e. The fourth-order valence-electron chi connectivity index (χ4n) is 15.9. The van der Waals surface area contributed by atoms with E-state index in [2.05, 4.69) is 46.9 Å². The molecule has 0 aromatic carbocycles. The third-order valence-corrected chi connectivity index (χ3v) is 23.5. The number of carbonyl (C=O) groups excluding carboxylic acids is 6. The Bertz CT molecular complexity index is 2310. The monoisotopic (exact) mass is 1630 g/mol. The van der Waals surface area contributed by atoms with Crippen molar-refractivity contribution < 1.29 is 86.7 Å². The van der Waals surface area contributed by atoms with Crippen molar-refractivity contribution in [3.63, 3.8) is 0 Å². The first-order valence-corrected chi connectivity index (χ1v) is 49.1. The lowest BCUT2D eigenvalue weighted by molar-refractivity contribution is -0.287. The number of nitrogens with zero attached hydrogens (tertiary/aromatic N) is 1. The minimum atomic E-state index is -5.66. The van der Waals surface area contributed by atoms with Crippen LogP contribution < -0.4 is 5.32 Å². The predicted molar refractivity (Wildman–Crippen MR) is 456 cm³/mol. The van der Waals surface area contributed by atoms with E-state index < -0.39 is 131 Å². The lowest BCUT2D eigenvalue weighted by Gasteiger charge is -2.52. The normalized spacial score (nSPS) is 17.2. The Kier molecular flexibility index (Phi) is 71.6. The van der Waals surface area contributed by atoms with Crippen molar-refractivity contribution in [1.29, 1.82) is 0 Å². The second kappa shape index (κ2) is 75.0. The van der Waals surface area contributed by atoms with Crippen LogP contribution in [-0.2, 0) is 61.5 Å². The Hall–Kier alpha value is -3.23. The summed E-state index contributed by atoms with van der Waals surface area (Å²) in [5.41, 5.74) is -2.56. The number of phosphoric ester groups is 1. The van der Waals surface area contributed by atoms with Gasteiger partial charge in [-0.15, -0.1) is 0 Å². The molecule has 0 radical (unpaired) electrons. The minimum absolute atomic E-state index is 0.116. The molecule has 113 heavy (non-hydrogen) atoms. The molecule has 1 aliphatic heterocycles. The number of rotatable bonds is 83. The SMILES string of the molecule is CCCCCCCCCCCCCC(=O)O[C@H](CCCCCCCCCCC)CC(=O)N[C@@]1(CCN(O)C(=O)C[C@@H](CCCCCCCCCCC)OC(=O)CCCCCCCCCCCCC)[C@H](O)O[C@H](CO)[C@@H](OP(=O)(O)O)[C@@H]1OC(=O)C[C@@H](CCCCCCCCCCC)OC(=O)CCCCCCCCCCCCC. The van der Waals surface area contributed by atoms with E-state index in [-0.39, 0.29) is 32.1 Å². The van der Waals surface area contributed by atoms with E-state index in [0.29, 0.717) is 50.0 Å². The number of amides is 2. The van der Waals surface area contributed by atoms with Crippen LogP contribution in [0.1, 0.15) is 491 Å². The molecule has 1 aliphatic rings. The Morgan fingerprint density at radius 2 is 0.655 bits per heavy atom. The average molecular weight is 1630 g/mol. The first kappa shape index (κ1) is 108. The highest BCUT2D eigenvalue weighted by Crippen LogP contribution is 2.45. The van der Waals surface area contributed by atoms with Crippen LogP contribution in [0.2, 0.25) is 0 Å². The molecule has 0 bridgehead atoms. The predicted octanol–water partition coefficient (Wildman–Crippen LogP) is 24.3. The van der Waals surface area contributed by atoms with Crippen LogP contribution in [0.4, 0.5) is 0 Å². The van der Waals surface area contributed by atoms with Crippen LogP contribution in [0.5, 0.6) is 0 Å². The van der Waals surface area contributed by atoms with E-state index >= 15 is 9.59 Å². The molecule has 2 amide bonds. The third-order valence-electron chi connectivity index (χ3n) is 23.0. The summed E-state index contributed by atoms with van der Waals surface area (Å²) in [6.07, 6.45) is 51.4. The van der Waals surface area contributed by atoms with Gasteiger partial charge in [0.2, 0.25) is 11.8 Å². The quantitative estimate of drug-likeness (QED) is 0.00824. The molecule has 1 heterocycles. The molecule has 20 nitrogen and oxygen atoms in total. The van der Waals surface area contributed by atoms with Gasteiger partial charge in [-0.2, -0.15) is 0 Å². The molecule has 1 rings (SSSR count). The lowest BCUT2D eigenvalue weighted by Crippen LogP contribution is -2.75. The average Bonchev–Trinajstić information content (AvgIpc) is 0.745. The van der Waals surface area contributed by atoms with E-state index in [1.165, 1.54) is 154 Å². The smallest absolute Gasteiger partial charge is 0.462 e. The second-order valence-electron chi connectivity index (χ2n) is 33.7. The van der Waals surface area contributed by atoms with Gasteiger partial charge in [0.25, 0.3) is 0 Å². The number of carbonyl (C=O) groups is 6. The van der Waals surface area contributed by atoms with Crippen LogP contribution in [0.3, 0.4) is 0 Å². The van der Waals surface area contributed by atoms with Crippen molar-refractivity contribution in [3.05, 3.63) is 0 Å². The first-order chi connectivity index (χ1) is 54.8. The molecule has 0 aromatic heterocycles. The molecule has 1 fully saturated rings. The fraction of sp³-hybridized carbons (Fsp3) is 0.935. The summed E-state index contributed by atoms with van der Waals surface area (Å²) in [5, 5.41) is 38.7. The molecule has 21 heteroatoms. The fourth-order valence-corrected chi connectivity index (χ4v) is 16.4. The van der Waals surface area contributed by atoms with Gasteiger partial charge in [0.1, 0.15) is 36.1 Å². The Morgan fingerprint density at radius 3 is 0.938 bits per heavy atom. The van der Waals surface area contributed by atoms with Gasteiger partial charge in [-0.05, 0) is 64.2 Å². The highest BCUT2D eigenvalue weighted by atomic mass is 31.2. The number of unbranched alkanes of at least 4 members (excludes halogenated alkanes) is 54. The van der Waals surface area contributed by atoms with E-state index in [0.717, 1.165) is 193 Å². The standard InChI is InChI=1S/C92H175N2O18P/c1-7-13-19-25-31-37-40-46-52-58-64-70-85(98)107-79(67-61-55-49-43-34-28-22-16-10-4)75-83(96)93-92(73-74-94(103)84(97)76-80(68-62-56-50-44-35-29-23-17-11-5)108-86(99)71-65-59-53-47-41-38-32-26-20-14-8-2)90(89(112-113(104,105)106)82(78-95)110-91(92)102)111-88(101)77-81(69-63-57-51-45-36-30-24-18-12-6)109-87(100)72-66-60-54-48-42-39-33-27-21-15-9-3/h79-82,89-91,95,102-103H,7-78H2,1-6H3,(H,93,96)(H2,104,105,106)/t79-,80-,81-,82-,89-,90+,91-,92-/m1/s1. The van der Waals surface area contributed by atoms with Gasteiger partial charge in [-0.3, -0.25) is 38.5 Å². The van der Waals surface area contributed by atoms with Crippen molar-refractivity contribution in [2.45, 2.75) is 539 Å². The number of hydroxylamine groups is 2. The zero-order valence-electron chi connectivity index (χ0n) is 73.4. The maximum atomic E-state index is 15.3. The summed E-state index contributed by atoms with van der Waals surface area (Å²) in [5.74, 6) is -4.28. The summed E-state index contributed by atoms with van der Waals surface area (Å²) in [6, 6.07) is 0. The van der Waals surface area contributed by atoms with E-state index in [1.54, 1.807) is 0 Å². The summed E-state index contributed by atoms with van der Waals surface area (Å²) < 4.78 is 49.3. The van der Waals surface area contributed by atoms with Gasteiger partial charge in [-0.1, -0.05) is 388 Å². The third kappa shape index (κ3) is 60.8. The van der Waals surface area contributed by atoms with Crippen molar-refractivity contribution in [2.75, 3.05) is 13.2 Å². The number of hydrogen-bond acceptors (Lipinski definition) is 16. The van der Waals surface area contributed by atoms with Gasteiger partial charge < -0.3 is 49.0 Å². The molecule has 666 valence electrons. The Labute approximate surface area is 689 Å². The maximum Gasteiger partial charge on any atom is 0.470 e. The molecule has 6 N–H and O–H groups in total. The van der Waals surface area contributed by atoms with Gasteiger partial charge in [0.15, 0.2) is 12.4 Å². The van der Waals surface area contributed by atoms with Crippen LogP contribution >= 0.6 is 7.82 Å². The number of nitrogens with one attached hydrogen (secondary N) is 1. The highest BCUT2D eigenvalue weighted by Gasteiger charge is 2.61. The van der Waals surface area contributed by atoms with E-state index in [9.17, 15) is 49.0 Å². The lowest BCUT2D eigenvalue weighted by atomic mass is 9.79. The molecule has 0 saturated carbocycles. The number of hydrogen-bond donors (Lipinski definition) is 6. The van der Waals surface area contributed by atoms with E-state index in [1.807, 2.05) is 0 Å². The zero-order valence-corrected chi connectivity index (χ0v) is 74.3. The van der Waals surface area contributed by atoms with Crippen LogP contribution in [0.25, 0.3) is 0 Å². The summed E-state index contributed by atoms with van der Waals surface area (Å²) in [4.78, 5) is 108. The van der Waals surface area contributed by atoms with Crippen LogP contribution in [0.15, 0.2) is 0 Å². The number of aliphatic hydroxyl groups is 2. The number of phosphoric acid groups is 1. The Balaban J connectivity index is 3.94. The van der Waals surface area contributed by atoms with Gasteiger partial charge in [0, 0.05) is 19.3 Å². The molecule has 8 atom stereocenters. The number of esters is 4. The first-order valence-electron chi connectivity index (χ1n) is 47.6. The van der Waals surface area contributed by atoms with Crippen LogP contribution in [0, 0.1) is 0 Å². The van der Waals surface area contributed by atoms with Crippen LogP contribution in [-0.4, -0.2) is 128 Å². The number of ether oxygens (including phenoxy) is 5. The summed E-state index contributed by atoms with van der Waals surface area (Å²) >= 11 is 0. The molecule has 0 aromatic rings. The van der Waals surface area contributed by atoms with Gasteiger partial charge in [-0.25, -0.2) is 9.63 Å². The molecule has 1 saturated heterocycles. The van der Waals surface area contributed by atoms with E-state index in [4.69, 9.17) is 28.2 Å². The highest BCUT2D eigenvalue weighted by molar-refractivity contribution is 7.46. The second-order valence-corrected chi connectivity index (χ2v) is 34.9. The van der Waals surface area contributed by atoms with Crippen molar-refractivity contribution in [1.82, 2.24) is 10.4 Å².